The predicted octanol–water partition coefficient (Wildman–Crippen LogP) is 3.80. The molecule has 1 N–H and O–H groups in total. The van der Waals surface area contributed by atoms with Gasteiger partial charge in [0.1, 0.15) is 9.86 Å². The molecular formula is C12H17N3S2. The maximum Gasteiger partial charge on any atom is 0.224 e. The minimum Gasteiger partial charge on any atom is -0.357 e. The molecule has 0 aliphatic heterocycles. The maximum atomic E-state index is 4.55. The third-order valence-corrected chi connectivity index (χ3v) is 4.51. The zero-order valence-corrected chi connectivity index (χ0v) is 12.2. The van der Waals surface area contributed by atoms with Crippen LogP contribution in [0.15, 0.2) is 11.1 Å². The van der Waals surface area contributed by atoms with E-state index in [4.69, 9.17) is 0 Å². The number of hydrogen-bond acceptors (Lipinski definition) is 5. The summed E-state index contributed by atoms with van der Waals surface area (Å²) in [7, 11) is 1.86. The van der Waals surface area contributed by atoms with Crippen molar-refractivity contribution in [2.45, 2.75) is 37.5 Å². The van der Waals surface area contributed by atoms with Gasteiger partial charge < -0.3 is 5.32 Å². The molecule has 0 unspecified atom stereocenters. The van der Waals surface area contributed by atoms with E-state index in [-0.39, 0.29) is 0 Å². The van der Waals surface area contributed by atoms with Gasteiger partial charge in [-0.25, -0.2) is 9.97 Å². The third kappa shape index (κ3) is 2.72. The van der Waals surface area contributed by atoms with Gasteiger partial charge in [-0.2, -0.15) is 0 Å². The summed E-state index contributed by atoms with van der Waals surface area (Å²) >= 11 is 3.56. The van der Waals surface area contributed by atoms with Crippen molar-refractivity contribution in [2.75, 3.05) is 12.4 Å². The summed E-state index contributed by atoms with van der Waals surface area (Å²) in [5.41, 5.74) is 0. The van der Waals surface area contributed by atoms with Crippen LogP contribution >= 0.6 is 23.1 Å². The second-order valence-corrected chi connectivity index (χ2v) is 6.73. The van der Waals surface area contributed by atoms with E-state index >= 15 is 0 Å². The average molecular weight is 267 g/mol. The minimum atomic E-state index is 0.530. The Morgan fingerprint density at radius 3 is 2.76 bits per heavy atom. The largest absolute Gasteiger partial charge is 0.357 e. The lowest BCUT2D eigenvalue weighted by atomic mass is 10.3. The van der Waals surface area contributed by atoms with Gasteiger partial charge >= 0.3 is 0 Å². The molecule has 17 heavy (non-hydrogen) atoms. The minimum absolute atomic E-state index is 0.530. The van der Waals surface area contributed by atoms with Crippen LogP contribution < -0.4 is 5.32 Å². The summed E-state index contributed by atoms with van der Waals surface area (Å²) in [5.74, 6) is 0.713. The number of aromatic nitrogens is 2. The van der Waals surface area contributed by atoms with Gasteiger partial charge in [-0.05, 0) is 12.5 Å². The molecule has 2 aromatic heterocycles. The monoisotopic (exact) mass is 267 g/mol. The Hall–Kier alpha value is -0.810. The second-order valence-electron chi connectivity index (χ2n) is 4.05. The van der Waals surface area contributed by atoms with E-state index in [2.05, 4.69) is 42.1 Å². The molecular weight excluding hydrogens is 250 g/mol. The quantitative estimate of drug-likeness (QED) is 0.675. The molecule has 0 aliphatic carbocycles. The number of hydrogen-bond donors (Lipinski definition) is 1. The molecule has 0 aromatic carbocycles. The topological polar surface area (TPSA) is 37.8 Å². The Kier molecular flexibility index (Phi) is 3.89. The summed E-state index contributed by atoms with van der Waals surface area (Å²) in [4.78, 5) is 11.5. The summed E-state index contributed by atoms with van der Waals surface area (Å²) in [6, 6.07) is 2.23. The van der Waals surface area contributed by atoms with E-state index in [1.165, 1.54) is 10.3 Å². The van der Waals surface area contributed by atoms with Crippen molar-refractivity contribution >= 4 is 39.3 Å². The molecule has 0 aliphatic rings. The van der Waals surface area contributed by atoms with E-state index in [0.29, 0.717) is 11.2 Å². The van der Waals surface area contributed by atoms with Crippen LogP contribution in [0.4, 0.5) is 5.95 Å². The molecule has 0 atom stereocenters. The Bertz CT molecular complexity index is 520. The van der Waals surface area contributed by atoms with Crippen LogP contribution in [0.5, 0.6) is 0 Å². The Morgan fingerprint density at radius 1 is 1.41 bits per heavy atom. The van der Waals surface area contributed by atoms with Crippen LogP contribution in [0.1, 0.15) is 25.6 Å². The molecule has 3 nitrogen and oxygen atoms in total. The molecule has 0 spiro atoms. The number of fused-ring (bicyclic) bond motifs is 1. The van der Waals surface area contributed by atoms with Gasteiger partial charge in [-0.3, -0.25) is 0 Å². The van der Waals surface area contributed by atoms with E-state index in [9.17, 15) is 0 Å². The van der Waals surface area contributed by atoms with Crippen molar-refractivity contribution in [3.05, 3.63) is 10.9 Å². The highest BCUT2D eigenvalue weighted by Gasteiger charge is 2.12. The molecule has 0 radical (unpaired) electrons. The molecule has 92 valence electrons. The number of rotatable bonds is 4. The summed E-state index contributed by atoms with van der Waals surface area (Å²) in [5, 5.41) is 5.85. The summed E-state index contributed by atoms with van der Waals surface area (Å²) < 4.78 is 0. The molecule has 0 amide bonds. The summed E-state index contributed by atoms with van der Waals surface area (Å²) in [6.45, 7) is 6.54. The second kappa shape index (κ2) is 5.23. The lowest BCUT2D eigenvalue weighted by Gasteiger charge is -2.07. The number of thiophene rings is 1. The van der Waals surface area contributed by atoms with Gasteiger partial charge in [-0.15, -0.1) is 23.1 Å². The average Bonchev–Trinajstić information content (AvgIpc) is 2.71. The Labute approximate surface area is 110 Å². The molecule has 0 saturated heterocycles. The first-order valence-electron chi connectivity index (χ1n) is 5.79. The fourth-order valence-corrected chi connectivity index (χ4v) is 3.44. The lowest BCUT2D eigenvalue weighted by molar-refractivity contribution is 1.06. The Morgan fingerprint density at radius 2 is 2.18 bits per heavy atom. The smallest absolute Gasteiger partial charge is 0.224 e. The van der Waals surface area contributed by atoms with Crippen molar-refractivity contribution in [3.63, 3.8) is 0 Å². The molecule has 0 bridgehead atoms. The van der Waals surface area contributed by atoms with Gasteiger partial charge in [-0.1, -0.05) is 20.8 Å². The highest BCUT2D eigenvalue weighted by atomic mass is 32.2. The van der Waals surface area contributed by atoms with E-state index in [0.717, 1.165) is 16.3 Å². The van der Waals surface area contributed by atoms with E-state index in [1.54, 1.807) is 23.1 Å². The van der Waals surface area contributed by atoms with E-state index < -0.39 is 0 Å². The number of anilines is 1. The van der Waals surface area contributed by atoms with Crippen LogP contribution in [0.25, 0.3) is 10.2 Å². The lowest BCUT2D eigenvalue weighted by Crippen LogP contribution is -1.98. The van der Waals surface area contributed by atoms with Crippen molar-refractivity contribution in [1.82, 2.24) is 9.97 Å². The molecule has 0 saturated carbocycles. The SMILES string of the molecule is CCc1cc2c(SC(C)C)nc(NC)nc2s1. The highest BCUT2D eigenvalue weighted by molar-refractivity contribution is 8.00. The zero-order valence-electron chi connectivity index (χ0n) is 10.6. The van der Waals surface area contributed by atoms with Crippen LogP contribution in [0.3, 0.4) is 0 Å². The fourth-order valence-electron chi connectivity index (χ4n) is 1.54. The molecule has 5 heteroatoms. The number of nitrogens with zero attached hydrogens (tertiary/aromatic N) is 2. The highest BCUT2D eigenvalue weighted by Crippen LogP contribution is 2.34. The van der Waals surface area contributed by atoms with Crippen LogP contribution in [-0.2, 0) is 6.42 Å². The first-order chi connectivity index (χ1) is 8.13. The standard InChI is InChI=1S/C12H17N3S2/c1-5-8-6-9-10(16-7(2)3)14-12(13-4)15-11(9)17-8/h6-7H,5H2,1-4H3,(H,13,14,15). The first-order valence-corrected chi connectivity index (χ1v) is 7.48. The maximum absolute atomic E-state index is 4.55. The first kappa shape index (κ1) is 12.6. The van der Waals surface area contributed by atoms with Crippen molar-refractivity contribution in [1.29, 1.82) is 0 Å². The predicted molar refractivity (Wildman–Crippen MR) is 77.3 cm³/mol. The molecule has 2 aromatic rings. The van der Waals surface area contributed by atoms with Crippen LogP contribution in [-0.4, -0.2) is 22.3 Å². The Balaban J connectivity index is 2.56. The summed E-state index contributed by atoms with van der Waals surface area (Å²) in [6.07, 6.45) is 1.06. The van der Waals surface area contributed by atoms with Crippen molar-refractivity contribution < 1.29 is 0 Å². The van der Waals surface area contributed by atoms with Crippen LogP contribution in [0.2, 0.25) is 0 Å². The molecule has 2 rings (SSSR count). The van der Waals surface area contributed by atoms with E-state index in [1.807, 2.05) is 7.05 Å². The normalized spacial score (nSPS) is 11.4. The number of nitrogens with one attached hydrogen (secondary N) is 1. The van der Waals surface area contributed by atoms with Crippen molar-refractivity contribution in [3.8, 4) is 0 Å². The van der Waals surface area contributed by atoms with Crippen LogP contribution in [0, 0.1) is 0 Å². The zero-order chi connectivity index (χ0) is 12.4. The molecule has 0 fully saturated rings. The van der Waals surface area contributed by atoms with Gasteiger partial charge in [0.2, 0.25) is 5.95 Å². The third-order valence-electron chi connectivity index (χ3n) is 2.33. The van der Waals surface area contributed by atoms with Crippen molar-refractivity contribution in [2.24, 2.45) is 0 Å². The van der Waals surface area contributed by atoms with Gasteiger partial charge in [0, 0.05) is 22.6 Å². The fraction of sp³-hybridized carbons (Fsp3) is 0.500. The molecule has 2 heterocycles. The van der Waals surface area contributed by atoms with Gasteiger partial charge in [0.05, 0.1) is 0 Å². The number of aryl methyl sites for hydroxylation is 1. The van der Waals surface area contributed by atoms with Gasteiger partial charge in [0.25, 0.3) is 0 Å². The number of thioether (sulfide) groups is 1. The van der Waals surface area contributed by atoms with Gasteiger partial charge in [0.15, 0.2) is 0 Å².